The molecule has 1 heterocycles. The van der Waals surface area contributed by atoms with Crippen molar-refractivity contribution in [2.24, 2.45) is 0 Å². The molecule has 0 spiro atoms. The molecule has 16 heavy (non-hydrogen) atoms. The number of hydrogen-bond donors (Lipinski definition) is 0. The van der Waals surface area contributed by atoms with Gasteiger partial charge in [-0.25, -0.2) is 0 Å². The molecule has 0 radical (unpaired) electrons. The zero-order valence-corrected chi connectivity index (χ0v) is 10.5. The van der Waals surface area contributed by atoms with Gasteiger partial charge in [-0.2, -0.15) is 0 Å². The molecule has 1 aromatic carbocycles. The second kappa shape index (κ2) is 4.73. The lowest BCUT2D eigenvalue weighted by atomic mass is 10.1. The van der Waals surface area contributed by atoms with E-state index in [0.29, 0.717) is 6.04 Å². The van der Waals surface area contributed by atoms with E-state index in [4.69, 9.17) is 0 Å². The number of nitrogens with zero attached hydrogens (tertiary/aromatic N) is 1. The van der Waals surface area contributed by atoms with Gasteiger partial charge in [-0.3, -0.25) is 0 Å². The zero-order valence-electron chi connectivity index (χ0n) is 10.5. The molecule has 0 unspecified atom stereocenters. The zero-order chi connectivity index (χ0) is 11.5. The summed E-state index contributed by atoms with van der Waals surface area (Å²) in [6, 6.07) is 9.69. The Labute approximate surface area is 98.1 Å². The molecule has 86 valence electrons. The smallest absolute Gasteiger partial charge is 0.0485 e. The Morgan fingerprint density at radius 1 is 1.06 bits per heavy atom. The van der Waals surface area contributed by atoms with E-state index in [1.54, 1.807) is 0 Å². The highest BCUT2D eigenvalue weighted by Gasteiger charge is 2.09. The third-order valence-electron chi connectivity index (χ3n) is 3.53. The SMILES string of the molecule is CCc1ccc2ccn(C(CC)CC)c2c1. The summed E-state index contributed by atoms with van der Waals surface area (Å²) < 4.78 is 2.44. The number of aromatic nitrogens is 1. The molecule has 0 aliphatic heterocycles. The quantitative estimate of drug-likeness (QED) is 0.704. The van der Waals surface area contributed by atoms with Gasteiger partial charge in [0, 0.05) is 17.8 Å². The van der Waals surface area contributed by atoms with Crippen LogP contribution in [0.2, 0.25) is 0 Å². The van der Waals surface area contributed by atoms with Crippen molar-refractivity contribution in [3.63, 3.8) is 0 Å². The van der Waals surface area contributed by atoms with Gasteiger partial charge in [0.05, 0.1) is 0 Å². The molecule has 0 atom stereocenters. The van der Waals surface area contributed by atoms with Gasteiger partial charge in [0.25, 0.3) is 0 Å². The van der Waals surface area contributed by atoms with Gasteiger partial charge in [0.15, 0.2) is 0 Å². The van der Waals surface area contributed by atoms with Crippen molar-refractivity contribution in [1.29, 1.82) is 0 Å². The van der Waals surface area contributed by atoms with Crippen LogP contribution >= 0.6 is 0 Å². The lowest BCUT2D eigenvalue weighted by molar-refractivity contribution is 0.486. The van der Waals surface area contributed by atoms with Crippen LogP contribution in [0.5, 0.6) is 0 Å². The number of benzene rings is 1. The van der Waals surface area contributed by atoms with Crippen molar-refractivity contribution in [3.8, 4) is 0 Å². The minimum atomic E-state index is 0.643. The number of rotatable bonds is 4. The highest BCUT2D eigenvalue weighted by atomic mass is 15.0. The predicted molar refractivity (Wildman–Crippen MR) is 70.9 cm³/mol. The maximum absolute atomic E-state index is 2.44. The molecule has 0 saturated carbocycles. The average molecular weight is 215 g/mol. The Bertz CT molecular complexity index is 463. The number of hydrogen-bond acceptors (Lipinski definition) is 0. The first kappa shape index (κ1) is 11.3. The summed E-state index contributed by atoms with van der Waals surface area (Å²) in [5, 5.41) is 1.36. The van der Waals surface area contributed by atoms with Crippen LogP contribution < -0.4 is 0 Å². The van der Waals surface area contributed by atoms with Crippen LogP contribution in [0.1, 0.15) is 45.2 Å². The third-order valence-corrected chi connectivity index (χ3v) is 3.53. The fourth-order valence-corrected chi connectivity index (χ4v) is 2.42. The average Bonchev–Trinajstić information content (AvgIpc) is 2.74. The van der Waals surface area contributed by atoms with E-state index in [1.807, 2.05) is 0 Å². The van der Waals surface area contributed by atoms with Crippen LogP contribution in [-0.2, 0) is 6.42 Å². The van der Waals surface area contributed by atoms with Crippen LogP contribution in [0.3, 0.4) is 0 Å². The summed E-state index contributed by atoms with van der Waals surface area (Å²) >= 11 is 0. The van der Waals surface area contributed by atoms with E-state index in [9.17, 15) is 0 Å². The first-order valence-electron chi connectivity index (χ1n) is 6.39. The van der Waals surface area contributed by atoms with E-state index >= 15 is 0 Å². The molecule has 1 aromatic heterocycles. The Morgan fingerprint density at radius 2 is 1.81 bits per heavy atom. The van der Waals surface area contributed by atoms with Crippen LogP contribution in [-0.4, -0.2) is 4.57 Å². The molecular formula is C15H21N. The van der Waals surface area contributed by atoms with Crippen molar-refractivity contribution in [2.75, 3.05) is 0 Å². The minimum Gasteiger partial charge on any atom is -0.344 e. The van der Waals surface area contributed by atoms with Crippen molar-refractivity contribution < 1.29 is 0 Å². The van der Waals surface area contributed by atoms with Crippen LogP contribution in [0.4, 0.5) is 0 Å². The fourth-order valence-electron chi connectivity index (χ4n) is 2.42. The normalized spacial score (nSPS) is 11.5. The molecule has 0 saturated heterocycles. The summed E-state index contributed by atoms with van der Waals surface area (Å²) in [5.74, 6) is 0. The molecule has 2 rings (SSSR count). The molecule has 2 aromatic rings. The van der Waals surface area contributed by atoms with Crippen molar-refractivity contribution in [2.45, 2.75) is 46.1 Å². The van der Waals surface area contributed by atoms with E-state index in [2.05, 4.69) is 55.8 Å². The van der Waals surface area contributed by atoms with Crippen molar-refractivity contribution >= 4 is 10.9 Å². The lowest BCUT2D eigenvalue weighted by Gasteiger charge is -2.16. The Hall–Kier alpha value is -1.24. The monoisotopic (exact) mass is 215 g/mol. The molecular weight excluding hydrogens is 194 g/mol. The maximum Gasteiger partial charge on any atom is 0.0485 e. The second-order valence-electron chi connectivity index (χ2n) is 4.44. The van der Waals surface area contributed by atoms with E-state index in [-0.39, 0.29) is 0 Å². The molecule has 1 heteroatoms. The van der Waals surface area contributed by atoms with Crippen LogP contribution in [0, 0.1) is 0 Å². The molecule has 1 nitrogen and oxygen atoms in total. The van der Waals surface area contributed by atoms with Crippen molar-refractivity contribution in [1.82, 2.24) is 4.57 Å². The molecule has 0 bridgehead atoms. The number of aryl methyl sites for hydroxylation is 1. The minimum absolute atomic E-state index is 0.643. The van der Waals surface area contributed by atoms with E-state index in [0.717, 1.165) is 6.42 Å². The first-order chi connectivity index (χ1) is 7.80. The van der Waals surface area contributed by atoms with Gasteiger partial charge in [0.1, 0.15) is 0 Å². The molecule has 0 amide bonds. The van der Waals surface area contributed by atoms with Gasteiger partial charge in [-0.1, -0.05) is 32.9 Å². The van der Waals surface area contributed by atoms with Crippen LogP contribution in [0.25, 0.3) is 10.9 Å². The largest absolute Gasteiger partial charge is 0.344 e. The predicted octanol–water partition coefficient (Wildman–Crippen LogP) is 4.56. The van der Waals surface area contributed by atoms with Gasteiger partial charge in [-0.15, -0.1) is 0 Å². The van der Waals surface area contributed by atoms with E-state index in [1.165, 1.54) is 29.3 Å². The van der Waals surface area contributed by atoms with Gasteiger partial charge in [0.2, 0.25) is 0 Å². The Morgan fingerprint density at radius 3 is 2.44 bits per heavy atom. The first-order valence-corrected chi connectivity index (χ1v) is 6.39. The number of fused-ring (bicyclic) bond motifs is 1. The second-order valence-corrected chi connectivity index (χ2v) is 4.44. The molecule has 0 aliphatic rings. The highest BCUT2D eigenvalue weighted by molar-refractivity contribution is 5.81. The Balaban J connectivity index is 2.52. The summed E-state index contributed by atoms with van der Waals surface area (Å²) in [4.78, 5) is 0. The maximum atomic E-state index is 2.44. The molecule has 0 N–H and O–H groups in total. The van der Waals surface area contributed by atoms with Gasteiger partial charge >= 0.3 is 0 Å². The Kier molecular flexibility index (Phi) is 3.33. The molecule has 0 fully saturated rings. The van der Waals surface area contributed by atoms with Gasteiger partial charge < -0.3 is 4.57 Å². The van der Waals surface area contributed by atoms with Crippen molar-refractivity contribution in [3.05, 3.63) is 36.0 Å². The summed E-state index contributed by atoms with van der Waals surface area (Å²) in [5.41, 5.74) is 2.83. The summed E-state index contributed by atoms with van der Waals surface area (Å²) in [6.07, 6.45) is 5.76. The fraction of sp³-hybridized carbons (Fsp3) is 0.467. The summed E-state index contributed by atoms with van der Waals surface area (Å²) in [7, 11) is 0. The topological polar surface area (TPSA) is 4.93 Å². The third kappa shape index (κ3) is 1.87. The standard InChI is InChI=1S/C15H21N/c1-4-12-7-8-13-9-10-16(15(13)11-12)14(5-2)6-3/h7-11,14H,4-6H2,1-3H3. The summed E-state index contributed by atoms with van der Waals surface area (Å²) in [6.45, 7) is 6.75. The lowest BCUT2D eigenvalue weighted by Crippen LogP contribution is -2.05. The highest BCUT2D eigenvalue weighted by Crippen LogP contribution is 2.25. The van der Waals surface area contributed by atoms with Gasteiger partial charge in [-0.05, 0) is 42.3 Å². The molecule has 0 aliphatic carbocycles. The van der Waals surface area contributed by atoms with E-state index < -0.39 is 0 Å². The van der Waals surface area contributed by atoms with Crippen LogP contribution in [0.15, 0.2) is 30.5 Å².